The first-order valence-electron chi connectivity index (χ1n) is 5.85. The molecule has 0 bridgehead atoms. The Morgan fingerprint density at radius 3 is 2.63 bits per heavy atom. The number of carbonyl (C=O) groups excluding carboxylic acids is 1. The smallest absolute Gasteiger partial charge is 0.360 e. The maximum absolute atomic E-state index is 12.1. The predicted octanol–water partition coefficient (Wildman–Crippen LogP) is 0.136. The molecule has 0 saturated heterocycles. The minimum Gasteiger partial charge on any atom is -0.466 e. The van der Waals surface area contributed by atoms with Gasteiger partial charge in [0.1, 0.15) is 0 Å². The summed E-state index contributed by atoms with van der Waals surface area (Å²) < 4.78 is 4.78. The van der Waals surface area contributed by atoms with Crippen LogP contribution in [0.4, 0.5) is 11.4 Å². The largest absolute Gasteiger partial charge is 0.466 e. The Kier molecular flexibility index (Phi) is 5.11. The number of benzene rings is 1. The maximum Gasteiger partial charge on any atom is 0.360 e. The SMILES string of the molecule is CCNC(ON)(C(=O)OC)c1cccc(N)c1NC. The van der Waals surface area contributed by atoms with Gasteiger partial charge >= 0.3 is 5.97 Å². The minimum atomic E-state index is -1.60. The van der Waals surface area contributed by atoms with Gasteiger partial charge in [0.25, 0.3) is 5.72 Å². The third-order valence-electron chi connectivity index (χ3n) is 2.80. The molecule has 1 rings (SSSR count). The molecule has 0 heterocycles. The summed E-state index contributed by atoms with van der Waals surface area (Å²) in [7, 11) is 2.96. The van der Waals surface area contributed by atoms with E-state index < -0.39 is 11.7 Å². The molecule has 6 N–H and O–H groups in total. The molecule has 0 fully saturated rings. The molecule has 19 heavy (non-hydrogen) atoms. The second-order valence-electron chi connectivity index (χ2n) is 3.84. The lowest BCUT2D eigenvalue weighted by molar-refractivity contribution is -0.178. The number of nitrogens with two attached hydrogens (primary N) is 2. The molecule has 0 radical (unpaired) electrons. The molecule has 0 aliphatic carbocycles. The fraction of sp³-hybridized carbons (Fsp3) is 0.417. The van der Waals surface area contributed by atoms with Crippen molar-refractivity contribution in [1.29, 1.82) is 0 Å². The second-order valence-corrected chi connectivity index (χ2v) is 3.84. The molecular formula is C12H20N4O3. The molecule has 0 amide bonds. The van der Waals surface area contributed by atoms with Crippen molar-refractivity contribution in [1.82, 2.24) is 5.32 Å². The number of hydrogen-bond acceptors (Lipinski definition) is 7. The van der Waals surface area contributed by atoms with Crippen LogP contribution in [0.3, 0.4) is 0 Å². The molecule has 7 heteroatoms. The highest BCUT2D eigenvalue weighted by atomic mass is 16.7. The number of carbonyl (C=O) groups is 1. The minimum absolute atomic E-state index is 0.449. The fourth-order valence-electron chi connectivity index (χ4n) is 1.97. The fourth-order valence-corrected chi connectivity index (χ4v) is 1.97. The first kappa shape index (κ1) is 15.2. The second kappa shape index (κ2) is 6.37. The summed E-state index contributed by atoms with van der Waals surface area (Å²) >= 11 is 0. The van der Waals surface area contributed by atoms with Gasteiger partial charge in [0.15, 0.2) is 0 Å². The summed E-state index contributed by atoms with van der Waals surface area (Å²) in [6.07, 6.45) is 0. The highest BCUT2D eigenvalue weighted by Gasteiger charge is 2.44. The van der Waals surface area contributed by atoms with E-state index in [9.17, 15) is 4.79 Å². The third-order valence-corrected chi connectivity index (χ3v) is 2.80. The summed E-state index contributed by atoms with van der Waals surface area (Å²) in [4.78, 5) is 17.0. The maximum atomic E-state index is 12.1. The van der Waals surface area contributed by atoms with Crippen LogP contribution in [0.15, 0.2) is 18.2 Å². The normalized spacial score (nSPS) is 13.7. The monoisotopic (exact) mass is 268 g/mol. The molecule has 0 aromatic heterocycles. The van der Waals surface area contributed by atoms with Crippen LogP contribution in [-0.4, -0.2) is 26.7 Å². The van der Waals surface area contributed by atoms with Crippen LogP contribution in [0, 0.1) is 0 Å². The van der Waals surface area contributed by atoms with E-state index in [0.717, 1.165) is 0 Å². The number of esters is 1. The quantitative estimate of drug-likeness (QED) is 0.251. The number of ether oxygens (including phenoxy) is 1. The highest BCUT2D eigenvalue weighted by Crippen LogP contribution is 2.33. The predicted molar refractivity (Wildman–Crippen MR) is 73.0 cm³/mol. The van der Waals surface area contributed by atoms with Crippen LogP contribution in [0.5, 0.6) is 0 Å². The lowest BCUT2D eigenvalue weighted by atomic mass is 9.99. The number of methoxy groups -OCH3 is 1. The van der Waals surface area contributed by atoms with E-state index in [1.165, 1.54) is 7.11 Å². The van der Waals surface area contributed by atoms with E-state index in [-0.39, 0.29) is 0 Å². The average molecular weight is 268 g/mol. The Labute approximate surface area is 112 Å². The Bertz CT molecular complexity index is 453. The van der Waals surface area contributed by atoms with E-state index >= 15 is 0 Å². The summed E-state index contributed by atoms with van der Waals surface area (Å²) in [6.45, 7) is 2.27. The van der Waals surface area contributed by atoms with Crippen molar-refractivity contribution in [2.75, 3.05) is 31.8 Å². The molecule has 1 aromatic carbocycles. The average Bonchev–Trinajstić information content (AvgIpc) is 2.43. The zero-order chi connectivity index (χ0) is 14.5. The first-order valence-corrected chi connectivity index (χ1v) is 5.85. The molecule has 0 aliphatic rings. The van der Waals surface area contributed by atoms with E-state index in [1.54, 1.807) is 25.2 Å². The van der Waals surface area contributed by atoms with E-state index in [4.69, 9.17) is 21.2 Å². The number of rotatable bonds is 6. The van der Waals surface area contributed by atoms with Gasteiger partial charge in [0, 0.05) is 12.6 Å². The Balaban J connectivity index is 3.48. The van der Waals surface area contributed by atoms with Gasteiger partial charge in [0.2, 0.25) is 0 Å². The number of nitrogens with one attached hydrogen (secondary N) is 2. The van der Waals surface area contributed by atoms with Crippen molar-refractivity contribution in [2.45, 2.75) is 12.6 Å². The number of nitrogen functional groups attached to an aromatic ring is 1. The number of likely N-dealkylation sites (N-methyl/N-ethyl adjacent to an activating group) is 1. The van der Waals surface area contributed by atoms with E-state index in [0.29, 0.717) is 23.5 Å². The van der Waals surface area contributed by atoms with Crippen LogP contribution < -0.4 is 22.3 Å². The zero-order valence-corrected chi connectivity index (χ0v) is 11.3. The van der Waals surface area contributed by atoms with Crippen molar-refractivity contribution >= 4 is 17.3 Å². The van der Waals surface area contributed by atoms with Crippen LogP contribution in [0.1, 0.15) is 12.5 Å². The summed E-state index contributed by atoms with van der Waals surface area (Å²) in [6, 6.07) is 5.11. The van der Waals surface area contributed by atoms with Crippen molar-refractivity contribution in [2.24, 2.45) is 5.90 Å². The van der Waals surface area contributed by atoms with E-state index in [1.807, 2.05) is 6.92 Å². The molecule has 1 atom stereocenters. The van der Waals surface area contributed by atoms with Crippen molar-refractivity contribution in [3.8, 4) is 0 Å². The molecule has 106 valence electrons. The van der Waals surface area contributed by atoms with E-state index in [2.05, 4.69) is 10.6 Å². The van der Waals surface area contributed by atoms with Gasteiger partial charge < -0.3 is 15.8 Å². The van der Waals surface area contributed by atoms with Crippen molar-refractivity contribution in [3.63, 3.8) is 0 Å². The lowest BCUT2D eigenvalue weighted by Crippen LogP contribution is -2.53. The zero-order valence-electron chi connectivity index (χ0n) is 11.3. The van der Waals surface area contributed by atoms with Crippen LogP contribution in [0.25, 0.3) is 0 Å². The van der Waals surface area contributed by atoms with Gasteiger partial charge in [-0.3, -0.25) is 10.2 Å². The Morgan fingerprint density at radius 1 is 1.47 bits per heavy atom. The first-order chi connectivity index (χ1) is 9.07. The number of anilines is 2. The molecule has 1 aromatic rings. The van der Waals surface area contributed by atoms with Gasteiger partial charge in [-0.05, 0) is 12.6 Å². The third kappa shape index (κ3) is 2.62. The van der Waals surface area contributed by atoms with Gasteiger partial charge in [-0.2, -0.15) is 0 Å². The Hall–Kier alpha value is -1.83. The van der Waals surface area contributed by atoms with Gasteiger partial charge in [-0.1, -0.05) is 19.1 Å². The number of hydrogen-bond donors (Lipinski definition) is 4. The highest BCUT2D eigenvalue weighted by molar-refractivity contribution is 5.86. The Morgan fingerprint density at radius 2 is 2.16 bits per heavy atom. The lowest BCUT2D eigenvalue weighted by Gasteiger charge is -2.31. The van der Waals surface area contributed by atoms with Gasteiger partial charge in [0.05, 0.1) is 18.5 Å². The molecule has 0 aliphatic heterocycles. The van der Waals surface area contributed by atoms with Crippen LogP contribution >= 0.6 is 0 Å². The standard InChI is InChI=1S/C12H20N4O3/c1-4-16-12(19-14,11(17)18-3)8-6-5-7-9(13)10(8)15-2/h5-7,15-16H,4,13-14H2,1-3H3. The summed E-state index contributed by atoms with van der Waals surface area (Å²) in [5, 5.41) is 5.83. The molecule has 1 unspecified atom stereocenters. The van der Waals surface area contributed by atoms with Gasteiger partial charge in [-0.15, -0.1) is 0 Å². The molecule has 0 saturated carbocycles. The van der Waals surface area contributed by atoms with Crippen LogP contribution in [-0.2, 0) is 20.1 Å². The topological polar surface area (TPSA) is 112 Å². The van der Waals surface area contributed by atoms with Crippen molar-refractivity contribution < 1.29 is 14.4 Å². The summed E-state index contributed by atoms with van der Waals surface area (Å²) in [5.74, 6) is 4.69. The number of para-hydroxylation sites is 1. The molecule has 0 spiro atoms. The summed E-state index contributed by atoms with van der Waals surface area (Å²) in [5.41, 5.74) is 5.78. The van der Waals surface area contributed by atoms with Crippen LogP contribution in [0.2, 0.25) is 0 Å². The molecular weight excluding hydrogens is 248 g/mol. The van der Waals surface area contributed by atoms with Gasteiger partial charge in [-0.25, -0.2) is 10.7 Å². The molecule has 7 nitrogen and oxygen atoms in total. The van der Waals surface area contributed by atoms with Crippen molar-refractivity contribution in [3.05, 3.63) is 23.8 Å².